The Bertz CT molecular complexity index is 1050. The Kier molecular flexibility index (Phi) is 6.30. The summed E-state index contributed by atoms with van der Waals surface area (Å²) in [7, 11) is 0. The highest BCUT2D eigenvalue weighted by atomic mass is 35.5. The molecule has 0 aliphatic rings. The van der Waals surface area contributed by atoms with Crippen molar-refractivity contribution in [3.8, 4) is 16.9 Å². The molecule has 1 aromatic heterocycles. The number of hydrogen-bond acceptors (Lipinski definition) is 5. The van der Waals surface area contributed by atoms with E-state index in [9.17, 15) is 23.1 Å². The first-order chi connectivity index (χ1) is 13.6. The van der Waals surface area contributed by atoms with Crippen molar-refractivity contribution < 1.29 is 23.1 Å². The normalized spacial score (nSPS) is 11.3. The maximum Gasteiger partial charge on any atom is 0.419 e. The summed E-state index contributed by atoms with van der Waals surface area (Å²) in [5.74, 6) is -1.03. The van der Waals surface area contributed by atoms with E-state index in [4.69, 9.17) is 11.6 Å². The second kappa shape index (κ2) is 8.56. The van der Waals surface area contributed by atoms with Gasteiger partial charge in [-0.25, -0.2) is 0 Å². The van der Waals surface area contributed by atoms with Crippen LogP contribution in [0.2, 0.25) is 4.34 Å². The molecule has 1 amide bonds. The minimum atomic E-state index is -4.61. The number of aromatic hydroxyl groups is 1. The van der Waals surface area contributed by atoms with E-state index in [0.717, 1.165) is 39.4 Å². The molecule has 3 aromatic rings. The Hall–Kier alpha value is -2.36. The predicted octanol–water partition coefficient (Wildman–Crippen LogP) is 6.87. The SMILES string of the molecule is CC(=O)Nc1cccc(-c2cc(SNc3ccc(C(F)(F)F)c(O)c3)sc2Cl)c1. The van der Waals surface area contributed by atoms with Gasteiger partial charge in [0.05, 0.1) is 9.77 Å². The van der Waals surface area contributed by atoms with Crippen LogP contribution < -0.4 is 10.0 Å². The number of benzene rings is 2. The Morgan fingerprint density at radius 2 is 1.90 bits per heavy atom. The molecule has 3 rings (SSSR count). The van der Waals surface area contributed by atoms with Gasteiger partial charge in [0.25, 0.3) is 0 Å². The van der Waals surface area contributed by atoms with Crippen molar-refractivity contribution in [3.63, 3.8) is 0 Å². The molecule has 0 fully saturated rings. The lowest BCUT2D eigenvalue weighted by Gasteiger charge is -2.10. The van der Waals surface area contributed by atoms with Crippen LogP contribution in [0.3, 0.4) is 0 Å². The van der Waals surface area contributed by atoms with Crippen LogP contribution in [0.1, 0.15) is 12.5 Å². The summed E-state index contributed by atoms with van der Waals surface area (Å²) in [6.07, 6.45) is -4.61. The van der Waals surface area contributed by atoms with E-state index in [2.05, 4.69) is 10.0 Å². The van der Waals surface area contributed by atoms with E-state index in [1.165, 1.54) is 24.3 Å². The van der Waals surface area contributed by atoms with Gasteiger partial charge in [-0.05, 0) is 47.8 Å². The second-order valence-electron chi connectivity index (χ2n) is 5.95. The van der Waals surface area contributed by atoms with Crippen molar-refractivity contribution in [1.29, 1.82) is 0 Å². The third-order valence-corrected chi connectivity index (χ3v) is 6.04. The number of carbonyl (C=O) groups excluding carboxylic acids is 1. The molecule has 0 unspecified atom stereocenters. The summed E-state index contributed by atoms with van der Waals surface area (Å²) >= 11 is 8.80. The van der Waals surface area contributed by atoms with Gasteiger partial charge in [0.2, 0.25) is 5.91 Å². The highest BCUT2D eigenvalue weighted by molar-refractivity contribution is 8.02. The van der Waals surface area contributed by atoms with Gasteiger partial charge in [-0.2, -0.15) is 13.2 Å². The van der Waals surface area contributed by atoms with E-state index in [1.807, 2.05) is 12.1 Å². The average Bonchev–Trinajstić information content (AvgIpc) is 2.99. The zero-order valence-electron chi connectivity index (χ0n) is 14.8. The minimum absolute atomic E-state index is 0.182. The number of thiophene rings is 1. The first kappa shape index (κ1) is 21.4. The molecule has 0 saturated carbocycles. The Balaban J connectivity index is 1.75. The van der Waals surface area contributed by atoms with Gasteiger partial charge in [-0.15, -0.1) is 11.3 Å². The van der Waals surface area contributed by atoms with Gasteiger partial charge in [-0.3, -0.25) is 4.79 Å². The van der Waals surface area contributed by atoms with E-state index in [-0.39, 0.29) is 5.91 Å². The smallest absolute Gasteiger partial charge is 0.419 e. The molecule has 0 atom stereocenters. The number of anilines is 2. The summed E-state index contributed by atoms with van der Waals surface area (Å²) in [6.45, 7) is 1.42. The van der Waals surface area contributed by atoms with E-state index < -0.39 is 17.5 Å². The number of hydrogen-bond donors (Lipinski definition) is 3. The van der Waals surface area contributed by atoms with Gasteiger partial charge >= 0.3 is 6.18 Å². The standard InChI is InChI=1S/C19H14ClF3N2O2S2/c1-10(26)24-12-4-2-3-11(7-12)14-9-17(28-18(14)20)29-25-13-5-6-15(16(27)8-13)19(21,22)23/h2-9,25,27H,1H3,(H,24,26). The van der Waals surface area contributed by atoms with E-state index >= 15 is 0 Å². The van der Waals surface area contributed by atoms with Gasteiger partial charge in [-0.1, -0.05) is 23.7 Å². The van der Waals surface area contributed by atoms with Crippen molar-refractivity contribution in [2.24, 2.45) is 0 Å². The van der Waals surface area contributed by atoms with Crippen LogP contribution in [-0.4, -0.2) is 11.0 Å². The average molecular weight is 459 g/mol. The molecule has 1 heterocycles. The number of phenols is 1. The van der Waals surface area contributed by atoms with Crippen molar-refractivity contribution in [2.75, 3.05) is 10.0 Å². The summed E-state index contributed by atoms with van der Waals surface area (Å²) in [6, 6.07) is 12.1. The lowest BCUT2D eigenvalue weighted by molar-refractivity contribution is -0.138. The topological polar surface area (TPSA) is 61.4 Å². The van der Waals surface area contributed by atoms with E-state index in [0.29, 0.717) is 15.7 Å². The molecule has 0 aliphatic carbocycles. The van der Waals surface area contributed by atoms with Crippen LogP contribution in [0, 0.1) is 0 Å². The third-order valence-electron chi connectivity index (χ3n) is 3.73. The largest absolute Gasteiger partial charge is 0.507 e. The molecule has 0 aliphatic heterocycles. The third kappa shape index (κ3) is 5.37. The molecule has 0 saturated heterocycles. The van der Waals surface area contributed by atoms with Crippen LogP contribution in [-0.2, 0) is 11.0 Å². The van der Waals surface area contributed by atoms with Gasteiger partial charge < -0.3 is 15.1 Å². The maximum absolute atomic E-state index is 12.7. The van der Waals surface area contributed by atoms with Gasteiger partial charge in [0.1, 0.15) is 10.1 Å². The summed E-state index contributed by atoms with van der Waals surface area (Å²) in [4.78, 5) is 11.2. The second-order valence-corrected chi connectivity index (χ2v) is 8.71. The zero-order chi connectivity index (χ0) is 21.2. The Morgan fingerprint density at radius 1 is 1.14 bits per heavy atom. The van der Waals surface area contributed by atoms with Gasteiger partial charge in [0, 0.05) is 29.9 Å². The van der Waals surface area contributed by atoms with E-state index in [1.54, 1.807) is 18.2 Å². The number of halogens is 4. The number of rotatable bonds is 5. The van der Waals surface area contributed by atoms with Crippen LogP contribution in [0.4, 0.5) is 24.5 Å². The molecule has 4 nitrogen and oxygen atoms in total. The Morgan fingerprint density at radius 3 is 2.55 bits per heavy atom. The highest BCUT2D eigenvalue weighted by Gasteiger charge is 2.33. The minimum Gasteiger partial charge on any atom is -0.507 e. The molecule has 2 aromatic carbocycles. The fraction of sp³-hybridized carbons (Fsp3) is 0.105. The molecule has 29 heavy (non-hydrogen) atoms. The summed E-state index contributed by atoms with van der Waals surface area (Å²) in [5.41, 5.74) is 1.46. The molecule has 0 radical (unpaired) electrons. The fourth-order valence-corrected chi connectivity index (χ4v) is 4.76. The highest BCUT2D eigenvalue weighted by Crippen LogP contribution is 2.42. The number of carbonyl (C=O) groups is 1. The number of amides is 1. The molecule has 3 N–H and O–H groups in total. The van der Waals surface area contributed by atoms with Crippen LogP contribution in [0.15, 0.2) is 52.7 Å². The predicted molar refractivity (Wildman–Crippen MR) is 112 cm³/mol. The van der Waals surface area contributed by atoms with Crippen molar-refractivity contribution in [1.82, 2.24) is 0 Å². The van der Waals surface area contributed by atoms with Crippen molar-refractivity contribution >= 4 is 52.2 Å². The van der Waals surface area contributed by atoms with Crippen LogP contribution >= 0.6 is 34.9 Å². The maximum atomic E-state index is 12.7. The molecular weight excluding hydrogens is 445 g/mol. The van der Waals surface area contributed by atoms with Gasteiger partial charge in [0.15, 0.2) is 0 Å². The summed E-state index contributed by atoms with van der Waals surface area (Å²) < 4.78 is 42.3. The quantitative estimate of drug-likeness (QED) is 0.365. The Labute approximate surface area is 177 Å². The number of phenolic OH excluding ortho intramolecular Hbond substituents is 1. The summed E-state index contributed by atoms with van der Waals surface area (Å²) in [5, 5.41) is 12.3. The lowest BCUT2D eigenvalue weighted by Crippen LogP contribution is -2.05. The first-order valence-corrected chi connectivity index (χ1v) is 10.1. The van der Waals surface area contributed by atoms with Crippen LogP contribution in [0.5, 0.6) is 5.75 Å². The molecule has 10 heteroatoms. The number of nitrogens with one attached hydrogen (secondary N) is 2. The zero-order valence-corrected chi connectivity index (χ0v) is 17.2. The molecule has 152 valence electrons. The molecule has 0 spiro atoms. The monoisotopic (exact) mass is 458 g/mol. The van der Waals surface area contributed by atoms with Crippen molar-refractivity contribution in [3.05, 3.63) is 58.4 Å². The molecular formula is C19H14ClF3N2O2S2. The number of alkyl halides is 3. The molecule has 0 bridgehead atoms. The van der Waals surface area contributed by atoms with Crippen molar-refractivity contribution in [2.45, 2.75) is 17.3 Å². The van der Waals surface area contributed by atoms with Crippen LogP contribution in [0.25, 0.3) is 11.1 Å². The lowest BCUT2D eigenvalue weighted by atomic mass is 10.1. The fourth-order valence-electron chi connectivity index (χ4n) is 2.51. The first-order valence-electron chi connectivity index (χ1n) is 8.14.